The lowest BCUT2D eigenvalue weighted by Crippen LogP contribution is -2.33. The Morgan fingerprint density at radius 3 is 2.76 bits per heavy atom. The van der Waals surface area contributed by atoms with Crippen molar-refractivity contribution in [3.8, 4) is 11.4 Å². The van der Waals surface area contributed by atoms with E-state index in [9.17, 15) is 9.18 Å². The molecule has 0 saturated carbocycles. The zero-order chi connectivity index (χ0) is 15.0. The third-order valence-electron chi connectivity index (χ3n) is 3.37. The van der Waals surface area contributed by atoms with Crippen molar-refractivity contribution in [1.82, 2.24) is 19.8 Å². The molecule has 7 nitrogen and oxygen atoms in total. The number of nitrogens with zero attached hydrogens (tertiary/aromatic N) is 4. The molecular weight excluding hydrogens is 279 g/mol. The minimum absolute atomic E-state index is 0.271. The Hall–Kier alpha value is -2.22. The van der Waals surface area contributed by atoms with Crippen LogP contribution in [-0.2, 0) is 11.8 Å². The predicted octanol–water partition coefficient (Wildman–Crippen LogP) is 0.439. The highest BCUT2D eigenvalue weighted by Crippen LogP contribution is 2.26. The molecule has 1 saturated heterocycles. The van der Waals surface area contributed by atoms with Crippen LogP contribution in [0, 0.1) is 18.7 Å². The summed E-state index contributed by atoms with van der Waals surface area (Å²) >= 11 is 0. The summed E-state index contributed by atoms with van der Waals surface area (Å²) in [5, 5.41) is 7.42. The molecule has 0 spiro atoms. The van der Waals surface area contributed by atoms with Gasteiger partial charge in [-0.25, -0.2) is 9.18 Å². The zero-order valence-electron chi connectivity index (χ0n) is 11.7. The lowest BCUT2D eigenvalue weighted by Gasteiger charge is -2.26. The molecule has 1 aromatic carbocycles. The standard InChI is InChI=1S/C13H15FN4O3/c1-8-3-11(18-13(19)17(2)15-16-18)12(4-10(8)14)21-7-9-5-20-6-9/h3-4,9H,5-7H2,1-2H3. The van der Waals surface area contributed by atoms with Gasteiger partial charge >= 0.3 is 5.69 Å². The molecule has 112 valence electrons. The summed E-state index contributed by atoms with van der Waals surface area (Å²) in [6.45, 7) is 3.29. The van der Waals surface area contributed by atoms with Crippen LogP contribution in [-0.4, -0.2) is 39.6 Å². The molecule has 2 aromatic rings. The van der Waals surface area contributed by atoms with Crippen LogP contribution in [0.2, 0.25) is 0 Å². The molecule has 2 heterocycles. The Labute approximate surface area is 119 Å². The van der Waals surface area contributed by atoms with Crippen molar-refractivity contribution in [2.45, 2.75) is 6.92 Å². The second-order valence-electron chi connectivity index (χ2n) is 5.08. The van der Waals surface area contributed by atoms with Gasteiger partial charge in [0.25, 0.3) is 0 Å². The molecule has 0 amide bonds. The SMILES string of the molecule is Cc1cc(-n2nnn(C)c2=O)c(OCC2COC2)cc1F. The molecule has 1 aliphatic rings. The summed E-state index contributed by atoms with van der Waals surface area (Å²) in [5.41, 5.74) is 0.368. The van der Waals surface area contributed by atoms with Crippen LogP contribution in [0.3, 0.4) is 0 Å². The number of rotatable bonds is 4. The van der Waals surface area contributed by atoms with Crippen molar-refractivity contribution in [2.24, 2.45) is 13.0 Å². The van der Waals surface area contributed by atoms with Gasteiger partial charge in [-0.2, -0.15) is 9.36 Å². The summed E-state index contributed by atoms with van der Waals surface area (Å²) in [5.74, 6) is 0.170. The normalized spacial score (nSPS) is 15.0. The first-order valence-electron chi connectivity index (χ1n) is 6.56. The van der Waals surface area contributed by atoms with Crippen molar-refractivity contribution < 1.29 is 13.9 Å². The van der Waals surface area contributed by atoms with Crippen LogP contribution < -0.4 is 10.4 Å². The highest BCUT2D eigenvalue weighted by molar-refractivity contribution is 5.48. The number of benzene rings is 1. The quantitative estimate of drug-likeness (QED) is 0.818. The summed E-state index contributed by atoms with van der Waals surface area (Å²) in [6, 6.07) is 2.79. The number of hydrogen-bond acceptors (Lipinski definition) is 5. The summed E-state index contributed by atoms with van der Waals surface area (Å²) in [6.07, 6.45) is 0. The number of hydrogen-bond donors (Lipinski definition) is 0. The molecule has 0 atom stereocenters. The lowest BCUT2D eigenvalue weighted by molar-refractivity contribution is -0.0508. The molecule has 1 fully saturated rings. The molecule has 1 aromatic heterocycles. The average molecular weight is 294 g/mol. The van der Waals surface area contributed by atoms with Gasteiger partial charge in [-0.3, -0.25) is 0 Å². The van der Waals surface area contributed by atoms with E-state index in [2.05, 4.69) is 10.4 Å². The van der Waals surface area contributed by atoms with Crippen molar-refractivity contribution in [3.63, 3.8) is 0 Å². The summed E-state index contributed by atoms with van der Waals surface area (Å²) in [7, 11) is 1.49. The second kappa shape index (κ2) is 5.28. The van der Waals surface area contributed by atoms with Crippen LogP contribution in [0.1, 0.15) is 5.56 Å². The predicted molar refractivity (Wildman–Crippen MR) is 71.1 cm³/mol. The summed E-state index contributed by atoms with van der Waals surface area (Å²) in [4.78, 5) is 12.0. The molecule has 8 heteroatoms. The van der Waals surface area contributed by atoms with Gasteiger partial charge in [0.2, 0.25) is 0 Å². The van der Waals surface area contributed by atoms with E-state index in [1.54, 1.807) is 6.92 Å². The van der Waals surface area contributed by atoms with Gasteiger partial charge in [-0.1, -0.05) is 0 Å². The van der Waals surface area contributed by atoms with Crippen LogP contribution in [0.5, 0.6) is 5.75 Å². The Morgan fingerprint density at radius 2 is 2.19 bits per heavy atom. The first-order valence-corrected chi connectivity index (χ1v) is 6.56. The third kappa shape index (κ3) is 2.54. The maximum atomic E-state index is 13.8. The van der Waals surface area contributed by atoms with Gasteiger partial charge in [0, 0.05) is 19.0 Å². The fourth-order valence-corrected chi connectivity index (χ4v) is 1.98. The molecule has 0 aliphatic carbocycles. The minimum Gasteiger partial charge on any atom is -0.491 e. The van der Waals surface area contributed by atoms with Crippen molar-refractivity contribution in [2.75, 3.05) is 19.8 Å². The maximum absolute atomic E-state index is 13.8. The van der Waals surface area contributed by atoms with Crippen molar-refractivity contribution >= 4 is 0 Å². The number of halogens is 1. The zero-order valence-corrected chi connectivity index (χ0v) is 11.7. The number of tetrazole rings is 1. The maximum Gasteiger partial charge on any atom is 0.368 e. The van der Waals surface area contributed by atoms with E-state index in [0.29, 0.717) is 37.0 Å². The van der Waals surface area contributed by atoms with E-state index < -0.39 is 11.5 Å². The van der Waals surface area contributed by atoms with E-state index >= 15 is 0 Å². The average Bonchev–Trinajstić information content (AvgIpc) is 2.72. The van der Waals surface area contributed by atoms with E-state index in [-0.39, 0.29) is 5.75 Å². The van der Waals surface area contributed by atoms with Gasteiger partial charge in [-0.15, -0.1) is 0 Å². The Bertz CT molecular complexity index is 721. The Balaban J connectivity index is 1.98. The Kier molecular flexibility index (Phi) is 3.46. The first kappa shape index (κ1) is 13.7. The molecule has 21 heavy (non-hydrogen) atoms. The van der Waals surface area contributed by atoms with Gasteiger partial charge < -0.3 is 9.47 Å². The third-order valence-corrected chi connectivity index (χ3v) is 3.37. The van der Waals surface area contributed by atoms with E-state index in [4.69, 9.17) is 9.47 Å². The molecule has 0 radical (unpaired) electrons. The first-order chi connectivity index (χ1) is 10.1. The topological polar surface area (TPSA) is 71.2 Å². The van der Waals surface area contributed by atoms with E-state index in [1.165, 1.54) is 19.2 Å². The highest BCUT2D eigenvalue weighted by Gasteiger charge is 2.21. The van der Waals surface area contributed by atoms with E-state index in [0.717, 1.165) is 9.36 Å². The van der Waals surface area contributed by atoms with Crippen molar-refractivity contribution in [1.29, 1.82) is 0 Å². The lowest BCUT2D eigenvalue weighted by atomic mass is 10.1. The molecule has 0 bridgehead atoms. The van der Waals surface area contributed by atoms with E-state index in [1.807, 2.05) is 0 Å². The molecule has 3 rings (SSSR count). The molecule has 1 aliphatic heterocycles. The molecular formula is C13H15FN4O3. The molecule has 0 unspecified atom stereocenters. The van der Waals surface area contributed by atoms with Gasteiger partial charge in [0.1, 0.15) is 17.3 Å². The van der Waals surface area contributed by atoms with Gasteiger partial charge in [-0.05, 0) is 29.0 Å². The minimum atomic E-state index is -0.419. The smallest absolute Gasteiger partial charge is 0.368 e. The van der Waals surface area contributed by atoms with Crippen LogP contribution in [0.15, 0.2) is 16.9 Å². The second-order valence-corrected chi connectivity index (χ2v) is 5.08. The highest BCUT2D eigenvalue weighted by atomic mass is 19.1. The number of aromatic nitrogens is 4. The van der Waals surface area contributed by atoms with Gasteiger partial charge in [0.05, 0.1) is 19.8 Å². The van der Waals surface area contributed by atoms with Crippen molar-refractivity contribution in [3.05, 3.63) is 34.0 Å². The van der Waals surface area contributed by atoms with Crippen LogP contribution >= 0.6 is 0 Å². The summed E-state index contributed by atoms with van der Waals surface area (Å²) < 4.78 is 26.7. The fraction of sp³-hybridized carbons (Fsp3) is 0.462. The van der Waals surface area contributed by atoms with Crippen LogP contribution in [0.25, 0.3) is 5.69 Å². The van der Waals surface area contributed by atoms with Gasteiger partial charge in [0.15, 0.2) is 0 Å². The number of aryl methyl sites for hydroxylation is 2. The van der Waals surface area contributed by atoms with Crippen LogP contribution in [0.4, 0.5) is 4.39 Å². The fourth-order valence-electron chi connectivity index (χ4n) is 1.98. The Morgan fingerprint density at radius 1 is 1.43 bits per heavy atom. The number of ether oxygens (including phenoxy) is 2. The monoisotopic (exact) mass is 294 g/mol. The molecule has 0 N–H and O–H groups in total. The largest absolute Gasteiger partial charge is 0.491 e.